The molecule has 1 aromatic heterocycles. The van der Waals surface area contributed by atoms with Gasteiger partial charge in [0.15, 0.2) is 5.37 Å². The van der Waals surface area contributed by atoms with Crippen molar-refractivity contribution in [3.05, 3.63) is 36.5 Å². The number of rotatable bonds is 1. The summed E-state index contributed by atoms with van der Waals surface area (Å²) < 4.78 is 0. The Morgan fingerprint density at radius 3 is 2.92 bits per heavy atom. The van der Waals surface area contributed by atoms with Crippen molar-refractivity contribution in [2.45, 2.75) is 11.8 Å². The number of para-hydroxylation sites is 1. The molecule has 0 aliphatic carbocycles. The van der Waals surface area contributed by atoms with Crippen LogP contribution >= 0.6 is 0 Å². The highest BCUT2D eigenvalue weighted by Gasteiger charge is 2.07. The second kappa shape index (κ2) is 3.62. The molecule has 0 atom stereocenters. The molecule has 2 heteroatoms. The van der Waals surface area contributed by atoms with Gasteiger partial charge in [0.2, 0.25) is 11.4 Å². The highest BCUT2D eigenvalue weighted by molar-refractivity contribution is 7.77. The molecule has 0 bridgehead atoms. The van der Waals surface area contributed by atoms with Crippen LogP contribution in [0.5, 0.6) is 0 Å². The van der Waals surface area contributed by atoms with Crippen molar-refractivity contribution in [1.29, 1.82) is 0 Å². The van der Waals surface area contributed by atoms with E-state index in [4.69, 9.17) is 0 Å². The van der Waals surface area contributed by atoms with Crippen LogP contribution in [0.2, 0.25) is 0 Å². The van der Waals surface area contributed by atoms with Crippen LogP contribution in [0.4, 0.5) is 0 Å². The molecule has 2 aromatic rings. The molecule has 0 spiro atoms. The van der Waals surface area contributed by atoms with Gasteiger partial charge in [-0.1, -0.05) is 18.2 Å². The van der Waals surface area contributed by atoms with Crippen LogP contribution in [0, 0.1) is 0 Å². The minimum atomic E-state index is 1.09. The molecule has 0 unspecified atom stereocenters. The van der Waals surface area contributed by atoms with E-state index in [0.29, 0.717) is 0 Å². The summed E-state index contributed by atoms with van der Waals surface area (Å²) in [5, 5.41) is 3.28. The number of benzene rings is 1. The molecule has 0 fully saturated rings. The lowest BCUT2D eigenvalue weighted by Crippen LogP contribution is -1.83. The molecule has 0 aliphatic heterocycles. The first-order valence-electron chi connectivity index (χ1n) is 4.20. The number of hydrogen-bond donors (Lipinski definition) is 0. The van der Waals surface area contributed by atoms with Crippen molar-refractivity contribution in [3.8, 4) is 0 Å². The minimum absolute atomic E-state index is 1.09. The maximum absolute atomic E-state index is 4.36. The summed E-state index contributed by atoms with van der Waals surface area (Å²) in [7, 11) is 0. The first-order valence-corrected chi connectivity index (χ1v) is 5.08. The fraction of sp³-hybridized carbons (Fsp3) is 0.0909. The predicted molar refractivity (Wildman–Crippen MR) is 59.1 cm³/mol. The molecule has 0 saturated carbocycles. The van der Waals surface area contributed by atoms with Crippen LogP contribution in [-0.2, 0) is 11.4 Å². The molecular weight excluding hydrogens is 178 g/mol. The number of nitrogens with zero attached hydrogens (tertiary/aromatic N) is 1. The molecule has 1 aromatic carbocycles. The van der Waals surface area contributed by atoms with Gasteiger partial charge in [-0.15, -0.1) is 0 Å². The van der Waals surface area contributed by atoms with E-state index in [-0.39, 0.29) is 0 Å². The van der Waals surface area contributed by atoms with E-state index in [9.17, 15) is 0 Å². The van der Waals surface area contributed by atoms with Crippen LogP contribution < -0.4 is 0 Å². The first kappa shape index (κ1) is 8.32. The summed E-state index contributed by atoms with van der Waals surface area (Å²) in [6.45, 7) is 2.03. The van der Waals surface area contributed by atoms with Gasteiger partial charge in [0.05, 0.1) is 0 Å². The SMILES string of the molecule is CC=[S+]c1cccc2cccnc12. The van der Waals surface area contributed by atoms with E-state index in [1.807, 2.05) is 19.2 Å². The maximum Gasteiger partial charge on any atom is 0.256 e. The van der Waals surface area contributed by atoms with Gasteiger partial charge in [-0.25, -0.2) is 0 Å². The average Bonchev–Trinajstić information content (AvgIpc) is 2.19. The van der Waals surface area contributed by atoms with Gasteiger partial charge in [-0.3, -0.25) is 4.98 Å². The topological polar surface area (TPSA) is 12.9 Å². The van der Waals surface area contributed by atoms with Gasteiger partial charge >= 0.3 is 0 Å². The molecule has 1 heterocycles. The van der Waals surface area contributed by atoms with E-state index >= 15 is 0 Å². The minimum Gasteiger partial charge on any atom is -0.250 e. The van der Waals surface area contributed by atoms with Crippen molar-refractivity contribution in [3.63, 3.8) is 0 Å². The van der Waals surface area contributed by atoms with E-state index in [0.717, 1.165) is 5.52 Å². The smallest absolute Gasteiger partial charge is 0.250 e. The fourth-order valence-electron chi connectivity index (χ4n) is 1.30. The summed E-state index contributed by atoms with van der Waals surface area (Å²) >= 11 is 1.72. The zero-order chi connectivity index (χ0) is 9.10. The van der Waals surface area contributed by atoms with Gasteiger partial charge in [-0.2, -0.15) is 0 Å². The van der Waals surface area contributed by atoms with E-state index < -0.39 is 0 Å². The van der Waals surface area contributed by atoms with Crippen molar-refractivity contribution < 1.29 is 0 Å². The van der Waals surface area contributed by atoms with Gasteiger partial charge in [0, 0.05) is 24.6 Å². The van der Waals surface area contributed by atoms with Gasteiger partial charge in [-0.05, 0) is 6.07 Å². The summed E-state index contributed by atoms with van der Waals surface area (Å²) in [5.74, 6) is 0. The lowest BCUT2D eigenvalue weighted by Gasteiger charge is -1.92. The van der Waals surface area contributed by atoms with Crippen molar-refractivity contribution in [2.24, 2.45) is 0 Å². The molecule has 0 N–H and O–H groups in total. The Morgan fingerprint density at radius 1 is 1.23 bits per heavy atom. The van der Waals surface area contributed by atoms with E-state index in [1.165, 1.54) is 10.3 Å². The van der Waals surface area contributed by atoms with E-state index in [2.05, 4.69) is 34.6 Å². The number of pyridine rings is 1. The van der Waals surface area contributed by atoms with Crippen LogP contribution in [0.25, 0.3) is 10.9 Å². The second-order valence-electron chi connectivity index (χ2n) is 2.68. The van der Waals surface area contributed by atoms with Gasteiger partial charge in [0.25, 0.3) is 4.90 Å². The normalized spacial score (nSPS) is 11.2. The second-order valence-corrected chi connectivity index (χ2v) is 3.83. The molecule has 1 nitrogen and oxygen atoms in total. The lowest BCUT2D eigenvalue weighted by molar-refractivity contribution is 1.35. The highest BCUT2D eigenvalue weighted by atomic mass is 32.1. The van der Waals surface area contributed by atoms with Gasteiger partial charge in [0.1, 0.15) is 5.52 Å². The third kappa shape index (κ3) is 1.58. The van der Waals surface area contributed by atoms with Crippen molar-refractivity contribution >= 4 is 27.6 Å². The Kier molecular flexibility index (Phi) is 2.32. The third-order valence-corrected chi connectivity index (χ3v) is 2.66. The number of hydrogen-bond acceptors (Lipinski definition) is 1. The van der Waals surface area contributed by atoms with Crippen LogP contribution in [0.15, 0.2) is 41.4 Å². The van der Waals surface area contributed by atoms with E-state index in [1.54, 1.807) is 11.4 Å². The number of aromatic nitrogens is 1. The van der Waals surface area contributed by atoms with Crippen LogP contribution in [0.3, 0.4) is 0 Å². The average molecular weight is 188 g/mol. The van der Waals surface area contributed by atoms with Crippen molar-refractivity contribution in [2.75, 3.05) is 0 Å². The summed E-state index contributed by atoms with van der Waals surface area (Å²) in [6.07, 6.45) is 1.84. The standard InChI is InChI=1S/C11H10NS/c1-2-13-10-7-3-5-9-6-4-8-12-11(9)10/h2-8H,1H3/q+1. The Morgan fingerprint density at radius 2 is 2.08 bits per heavy atom. The van der Waals surface area contributed by atoms with Crippen LogP contribution in [0.1, 0.15) is 6.92 Å². The molecule has 64 valence electrons. The zero-order valence-corrected chi connectivity index (χ0v) is 8.21. The Bertz CT molecular complexity index is 443. The predicted octanol–water partition coefficient (Wildman–Crippen LogP) is 2.50. The van der Waals surface area contributed by atoms with Crippen LogP contribution in [-0.4, -0.2) is 10.4 Å². The summed E-state index contributed by atoms with van der Waals surface area (Å²) in [4.78, 5) is 5.58. The monoisotopic (exact) mass is 188 g/mol. The summed E-state index contributed by atoms with van der Waals surface area (Å²) in [5.41, 5.74) is 1.09. The first-order chi connectivity index (χ1) is 6.42. The Balaban J connectivity index is 2.75. The van der Waals surface area contributed by atoms with Gasteiger partial charge < -0.3 is 0 Å². The lowest BCUT2D eigenvalue weighted by atomic mass is 10.2. The molecule has 13 heavy (non-hydrogen) atoms. The molecule has 2 rings (SSSR count). The molecule has 0 radical (unpaired) electrons. The largest absolute Gasteiger partial charge is 0.256 e. The quantitative estimate of drug-likeness (QED) is 0.495. The maximum atomic E-state index is 4.36. The van der Waals surface area contributed by atoms with Crippen molar-refractivity contribution in [1.82, 2.24) is 4.98 Å². The molecule has 0 aliphatic rings. The fourth-order valence-corrected chi connectivity index (χ4v) is 1.99. The molecule has 0 saturated heterocycles. The highest BCUT2D eigenvalue weighted by Crippen LogP contribution is 2.15. The Labute approximate surface area is 81.4 Å². The molecule has 0 amide bonds. The number of fused-ring (bicyclic) bond motifs is 1. The Hall–Kier alpha value is -1.28. The molecular formula is C11H10NS+. The zero-order valence-electron chi connectivity index (χ0n) is 7.40. The third-order valence-electron chi connectivity index (χ3n) is 1.84. The summed E-state index contributed by atoms with van der Waals surface area (Å²) in [6, 6.07) is 10.3.